The van der Waals surface area contributed by atoms with Crippen molar-refractivity contribution in [3.8, 4) is 0 Å². The number of hydrogen-bond donors (Lipinski definition) is 1. The molecule has 7 nitrogen and oxygen atoms in total. The fourth-order valence-corrected chi connectivity index (χ4v) is 5.46. The summed E-state index contributed by atoms with van der Waals surface area (Å²) in [6.45, 7) is 2.14. The van der Waals surface area contributed by atoms with Crippen LogP contribution in [0.25, 0.3) is 0 Å². The van der Waals surface area contributed by atoms with Gasteiger partial charge in [-0.2, -0.15) is 4.31 Å². The summed E-state index contributed by atoms with van der Waals surface area (Å²) in [6, 6.07) is 11.7. The highest BCUT2D eigenvalue weighted by molar-refractivity contribution is 7.89. The number of nitrogens with zero attached hydrogens (tertiary/aromatic N) is 1. The summed E-state index contributed by atoms with van der Waals surface area (Å²) in [4.78, 5) is 25.2. The molecule has 1 heterocycles. The standard InChI is InChI=1S/C23H26ClFN2O5S/c1-2-32-23(29)21(14-16-6-4-3-5-7-16)26-22(28)17-10-12-27(13-11-17)33(30,31)18-8-9-20(25)19(24)15-18/h3-9,15,17,21H,2,10-14H2,1H3,(H,26,28). The third kappa shape index (κ3) is 6.31. The van der Waals surface area contributed by atoms with Gasteiger partial charge in [-0.05, 0) is 43.5 Å². The van der Waals surface area contributed by atoms with Crippen molar-refractivity contribution < 1.29 is 27.1 Å². The number of amides is 1. The van der Waals surface area contributed by atoms with Crippen molar-refractivity contribution in [1.82, 2.24) is 9.62 Å². The van der Waals surface area contributed by atoms with E-state index in [4.69, 9.17) is 16.3 Å². The summed E-state index contributed by atoms with van der Waals surface area (Å²) < 4.78 is 45.5. The average Bonchev–Trinajstić information content (AvgIpc) is 2.81. The largest absolute Gasteiger partial charge is 0.464 e. The molecule has 10 heteroatoms. The summed E-state index contributed by atoms with van der Waals surface area (Å²) in [7, 11) is -3.86. The second-order valence-electron chi connectivity index (χ2n) is 7.76. The van der Waals surface area contributed by atoms with Gasteiger partial charge in [-0.25, -0.2) is 17.6 Å². The Morgan fingerprint density at radius 1 is 1.18 bits per heavy atom. The number of hydrogen-bond acceptors (Lipinski definition) is 5. The number of benzene rings is 2. The first-order chi connectivity index (χ1) is 15.7. The van der Waals surface area contributed by atoms with Crippen LogP contribution in [0.1, 0.15) is 25.3 Å². The molecule has 0 spiro atoms. The van der Waals surface area contributed by atoms with Crippen molar-refractivity contribution in [2.75, 3.05) is 19.7 Å². The van der Waals surface area contributed by atoms with Crippen molar-refractivity contribution in [2.24, 2.45) is 5.92 Å². The van der Waals surface area contributed by atoms with Gasteiger partial charge < -0.3 is 10.1 Å². The maximum Gasteiger partial charge on any atom is 0.328 e. The molecular formula is C23H26ClFN2O5S. The number of nitrogens with one attached hydrogen (secondary N) is 1. The van der Waals surface area contributed by atoms with Gasteiger partial charge in [0.25, 0.3) is 0 Å². The molecule has 0 radical (unpaired) electrons. The molecule has 1 aliphatic heterocycles. The fraction of sp³-hybridized carbons (Fsp3) is 0.391. The zero-order valence-electron chi connectivity index (χ0n) is 18.2. The lowest BCUT2D eigenvalue weighted by atomic mass is 9.96. The predicted octanol–water partition coefficient (Wildman–Crippen LogP) is 3.17. The van der Waals surface area contributed by atoms with Crippen LogP contribution >= 0.6 is 11.6 Å². The van der Waals surface area contributed by atoms with Gasteiger partial charge in [0.2, 0.25) is 15.9 Å². The van der Waals surface area contributed by atoms with Gasteiger partial charge in [0, 0.05) is 25.4 Å². The predicted molar refractivity (Wildman–Crippen MR) is 122 cm³/mol. The van der Waals surface area contributed by atoms with Crippen LogP contribution in [-0.4, -0.2) is 50.3 Å². The van der Waals surface area contributed by atoms with E-state index in [1.807, 2.05) is 30.3 Å². The van der Waals surface area contributed by atoms with Crippen molar-refractivity contribution in [1.29, 1.82) is 0 Å². The third-order valence-electron chi connectivity index (χ3n) is 5.52. The number of rotatable bonds is 8. The maximum absolute atomic E-state index is 13.4. The highest BCUT2D eigenvalue weighted by Gasteiger charge is 2.34. The summed E-state index contributed by atoms with van der Waals surface area (Å²) in [5.74, 6) is -1.97. The van der Waals surface area contributed by atoms with E-state index in [0.717, 1.165) is 17.7 Å². The highest BCUT2D eigenvalue weighted by atomic mass is 35.5. The lowest BCUT2D eigenvalue weighted by molar-refractivity contribution is -0.148. The van der Waals surface area contributed by atoms with Crippen LogP contribution in [0.15, 0.2) is 53.4 Å². The number of piperidine rings is 1. The second kappa shape index (κ2) is 11.1. The van der Waals surface area contributed by atoms with Gasteiger partial charge >= 0.3 is 5.97 Å². The minimum atomic E-state index is -3.86. The number of halogens is 2. The molecule has 1 amide bonds. The molecule has 2 aromatic carbocycles. The molecule has 1 aliphatic rings. The molecule has 178 valence electrons. The Labute approximate surface area is 197 Å². The second-order valence-corrected chi connectivity index (χ2v) is 10.1. The molecule has 3 rings (SSSR count). The summed E-state index contributed by atoms with van der Waals surface area (Å²) in [5, 5.41) is 2.51. The average molecular weight is 497 g/mol. The lowest BCUT2D eigenvalue weighted by Crippen LogP contribution is -2.48. The van der Waals surface area contributed by atoms with Crippen LogP contribution in [0.3, 0.4) is 0 Å². The summed E-state index contributed by atoms with van der Waals surface area (Å²) in [6.07, 6.45) is 0.881. The highest BCUT2D eigenvalue weighted by Crippen LogP contribution is 2.26. The van der Waals surface area contributed by atoms with E-state index < -0.39 is 33.8 Å². The topological polar surface area (TPSA) is 92.8 Å². The Kier molecular flexibility index (Phi) is 8.45. The molecule has 1 fully saturated rings. The number of sulfonamides is 1. The molecule has 33 heavy (non-hydrogen) atoms. The molecule has 1 N–H and O–H groups in total. The van der Waals surface area contributed by atoms with Crippen LogP contribution in [0.2, 0.25) is 5.02 Å². The Bertz CT molecular complexity index is 1090. The van der Waals surface area contributed by atoms with Crippen molar-refractivity contribution >= 4 is 33.5 Å². The molecule has 2 aromatic rings. The lowest BCUT2D eigenvalue weighted by Gasteiger charge is -2.31. The fourth-order valence-electron chi connectivity index (χ4n) is 3.72. The van der Waals surface area contributed by atoms with Gasteiger partial charge in [0.1, 0.15) is 11.9 Å². The van der Waals surface area contributed by atoms with Gasteiger partial charge in [-0.1, -0.05) is 41.9 Å². The van der Waals surface area contributed by atoms with Crippen molar-refractivity contribution in [3.05, 3.63) is 64.9 Å². The zero-order valence-corrected chi connectivity index (χ0v) is 19.7. The number of carbonyl (C=O) groups excluding carboxylic acids is 2. The van der Waals surface area contributed by atoms with E-state index in [1.54, 1.807) is 6.92 Å². The number of esters is 1. The Morgan fingerprint density at radius 3 is 2.45 bits per heavy atom. The van der Waals surface area contributed by atoms with Gasteiger partial charge in [-0.3, -0.25) is 4.79 Å². The molecular weight excluding hydrogens is 471 g/mol. The van der Waals surface area contributed by atoms with E-state index in [0.29, 0.717) is 19.3 Å². The summed E-state index contributed by atoms with van der Waals surface area (Å²) >= 11 is 5.73. The van der Waals surface area contributed by atoms with E-state index in [9.17, 15) is 22.4 Å². The van der Waals surface area contributed by atoms with E-state index in [-0.39, 0.29) is 35.5 Å². The van der Waals surface area contributed by atoms with E-state index in [1.165, 1.54) is 10.4 Å². The smallest absolute Gasteiger partial charge is 0.328 e. The summed E-state index contributed by atoms with van der Waals surface area (Å²) in [5.41, 5.74) is 0.884. The molecule has 0 saturated carbocycles. The van der Waals surface area contributed by atoms with Crippen LogP contribution in [-0.2, 0) is 30.8 Å². The monoisotopic (exact) mass is 496 g/mol. The molecule has 0 aromatic heterocycles. The normalized spacial score (nSPS) is 16.2. The van der Waals surface area contributed by atoms with E-state index >= 15 is 0 Å². The Morgan fingerprint density at radius 2 is 1.85 bits per heavy atom. The molecule has 0 aliphatic carbocycles. The maximum atomic E-state index is 13.4. The Hall–Kier alpha value is -2.49. The number of ether oxygens (including phenoxy) is 1. The van der Waals surface area contributed by atoms with E-state index in [2.05, 4.69) is 5.32 Å². The quantitative estimate of drug-likeness (QED) is 0.567. The SMILES string of the molecule is CCOC(=O)C(Cc1ccccc1)NC(=O)C1CCN(S(=O)(=O)c2ccc(F)c(Cl)c2)CC1. The first-order valence-electron chi connectivity index (χ1n) is 10.7. The van der Waals surface area contributed by atoms with Crippen molar-refractivity contribution in [3.63, 3.8) is 0 Å². The molecule has 1 atom stereocenters. The van der Waals surface area contributed by atoms with Crippen LogP contribution < -0.4 is 5.32 Å². The third-order valence-corrected chi connectivity index (χ3v) is 7.71. The van der Waals surface area contributed by atoms with Gasteiger partial charge in [-0.15, -0.1) is 0 Å². The van der Waals surface area contributed by atoms with Crippen LogP contribution in [0, 0.1) is 11.7 Å². The molecule has 1 saturated heterocycles. The first kappa shape index (κ1) is 25.1. The van der Waals surface area contributed by atoms with Crippen LogP contribution in [0.5, 0.6) is 0 Å². The minimum absolute atomic E-state index is 0.0953. The van der Waals surface area contributed by atoms with Gasteiger partial charge in [0.15, 0.2) is 0 Å². The van der Waals surface area contributed by atoms with Crippen molar-refractivity contribution in [2.45, 2.75) is 37.1 Å². The molecule has 1 unspecified atom stereocenters. The number of carbonyl (C=O) groups is 2. The molecule has 0 bridgehead atoms. The van der Waals surface area contributed by atoms with Crippen LogP contribution in [0.4, 0.5) is 4.39 Å². The minimum Gasteiger partial charge on any atom is -0.464 e. The zero-order chi connectivity index (χ0) is 24.0. The first-order valence-corrected chi connectivity index (χ1v) is 12.5. The van der Waals surface area contributed by atoms with Gasteiger partial charge in [0.05, 0.1) is 16.5 Å². The Balaban J connectivity index is 1.63.